The van der Waals surface area contributed by atoms with Crippen molar-refractivity contribution in [3.63, 3.8) is 0 Å². The summed E-state index contributed by atoms with van der Waals surface area (Å²) in [7, 11) is 1.52. The highest BCUT2D eigenvalue weighted by Crippen LogP contribution is 2.24. The maximum Gasteiger partial charge on any atom is 0.257 e. The molecule has 0 saturated heterocycles. The number of carbonyl (C=O) groups is 1. The Morgan fingerprint density at radius 3 is 2.93 bits per heavy atom. The second kappa shape index (κ2) is 5.23. The van der Waals surface area contributed by atoms with Crippen molar-refractivity contribution in [2.75, 3.05) is 13.7 Å². The number of benzene rings is 1. The quantitative estimate of drug-likeness (QED) is 0.843. The molecule has 0 atom stereocenters. The molecule has 0 bridgehead atoms. The first-order valence-electron chi connectivity index (χ1n) is 4.20. The Labute approximate surface area is 92.4 Å². The third-order valence-corrected chi connectivity index (χ3v) is 1.99. The lowest BCUT2D eigenvalue weighted by molar-refractivity contribution is -0.122. The van der Waals surface area contributed by atoms with Crippen LogP contribution in [0.15, 0.2) is 18.2 Å². The summed E-state index contributed by atoms with van der Waals surface area (Å²) in [6.07, 6.45) is 0. The van der Waals surface area contributed by atoms with Crippen molar-refractivity contribution in [2.24, 2.45) is 0 Å². The first-order chi connectivity index (χ1) is 7.17. The van der Waals surface area contributed by atoms with E-state index in [0.29, 0.717) is 16.3 Å². The second-order valence-corrected chi connectivity index (χ2v) is 3.13. The number of amides is 1. The van der Waals surface area contributed by atoms with Crippen LogP contribution < -0.4 is 10.1 Å². The maximum absolute atomic E-state index is 10.9. The molecular formula is C10H9ClN2O2. The highest BCUT2D eigenvalue weighted by atomic mass is 35.5. The summed E-state index contributed by atoms with van der Waals surface area (Å²) in [5, 5.41) is 11.3. The molecule has 0 heterocycles. The normalized spacial score (nSPS) is 9.13. The molecule has 0 aliphatic carbocycles. The Balaban J connectivity index is 2.71. The van der Waals surface area contributed by atoms with Crippen LogP contribution in [0.2, 0.25) is 5.02 Å². The van der Waals surface area contributed by atoms with Crippen LogP contribution in [-0.4, -0.2) is 19.6 Å². The van der Waals surface area contributed by atoms with Gasteiger partial charge in [0, 0.05) is 7.05 Å². The van der Waals surface area contributed by atoms with E-state index in [0.717, 1.165) is 0 Å². The lowest BCUT2D eigenvalue weighted by atomic mass is 10.2. The van der Waals surface area contributed by atoms with E-state index in [1.165, 1.54) is 13.1 Å². The lowest BCUT2D eigenvalue weighted by Crippen LogP contribution is -2.24. The van der Waals surface area contributed by atoms with Crippen LogP contribution in [0.3, 0.4) is 0 Å². The lowest BCUT2D eigenvalue weighted by Gasteiger charge is -2.06. The van der Waals surface area contributed by atoms with Gasteiger partial charge in [0.2, 0.25) is 0 Å². The first kappa shape index (κ1) is 11.3. The zero-order valence-electron chi connectivity index (χ0n) is 8.08. The number of halogens is 1. The third-order valence-electron chi connectivity index (χ3n) is 1.70. The Kier molecular flexibility index (Phi) is 3.95. The van der Waals surface area contributed by atoms with Gasteiger partial charge < -0.3 is 10.1 Å². The molecule has 0 aliphatic rings. The first-order valence-corrected chi connectivity index (χ1v) is 4.58. The van der Waals surface area contributed by atoms with Crippen molar-refractivity contribution >= 4 is 17.5 Å². The van der Waals surface area contributed by atoms with Gasteiger partial charge in [-0.15, -0.1) is 0 Å². The smallest absolute Gasteiger partial charge is 0.257 e. The van der Waals surface area contributed by atoms with Gasteiger partial charge in [0.15, 0.2) is 6.61 Å². The van der Waals surface area contributed by atoms with Crippen LogP contribution >= 0.6 is 11.6 Å². The van der Waals surface area contributed by atoms with E-state index in [4.69, 9.17) is 21.6 Å². The molecule has 0 radical (unpaired) electrons. The van der Waals surface area contributed by atoms with E-state index in [-0.39, 0.29) is 12.5 Å². The minimum Gasteiger partial charge on any atom is -0.482 e. The molecule has 0 saturated carbocycles. The molecule has 0 spiro atoms. The van der Waals surface area contributed by atoms with Gasteiger partial charge in [-0.25, -0.2) is 0 Å². The Morgan fingerprint density at radius 1 is 1.67 bits per heavy atom. The maximum atomic E-state index is 10.9. The molecule has 1 aromatic rings. The fourth-order valence-corrected chi connectivity index (χ4v) is 1.14. The topological polar surface area (TPSA) is 62.1 Å². The van der Waals surface area contributed by atoms with E-state index in [9.17, 15) is 4.79 Å². The molecule has 0 aliphatic heterocycles. The van der Waals surface area contributed by atoms with Crippen LogP contribution in [0.1, 0.15) is 5.56 Å². The van der Waals surface area contributed by atoms with Crippen molar-refractivity contribution in [3.05, 3.63) is 28.8 Å². The zero-order valence-corrected chi connectivity index (χ0v) is 8.84. The largest absolute Gasteiger partial charge is 0.482 e. The van der Waals surface area contributed by atoms with E-state index in [2.05, 4.69) is 5.32 Å². The Morgan fingerprint density at radius 2 is 2.40 bits per heavy atom. The summed E-state index contributed by atoms with van der Waals surface area (Å²) in [4.78, 5) is 10.9. The standard InChI is InChI=1S/C10H9ClN2O2/c1-13-10(14)6-15-9-3-2-7(5-12)4-8(9)11/h2-4H,6H2,1H3,(H,13,14). The summed E-state index contributed by atoms with van der Waals surface area (Å²) in [5.74, 6) is 0.148. The zero-order chi connectivity index (χ0) is 11.3. The number of carbonyl (C=O) groups excluding carboxylic acids is 1. The van der Waals surface area contributed by atoms with Crippen molar-refractivity contribution < 1.29 is 9.53 Å². The molecule has 4 nitrogen and oxygen atoms in total. The van der Waals surface area contributed by atoms with Gasteiger partial charge in [0.05, 0.1) is 16.7 Å². The molecule has 0 aromatic heterocycles. The Bertz CT molecular complexity index is 412. The third kappa shape index (κ3) is 3.15. The van der Waals surface area contributed by atoms with Crippen LogP contribution in [0.25, 0.3) is 0 Å². The van der Waals surface area contributed by atoms with Gasteiger partial charge in [-0.2, -0.15) is 5.26 Å². The fourth-order valence-electron chi connectivity index (χ4n) is 0.903. The van der Waals surface area contributed by atoms with Crippen LogP contribution in [-0.2, 0) is 4.79 Å². The van der Waals surface area contributed by atoms with Gasteiger partial charge in [-0.05, 0) is 18.2 Å². The number of ether oxygens (including phenoxy) is 1. The van der Waals surface area contributed by atoms with Gasteiger partial charge >= 0.3 is 0 Å². The predicted octanol–water partition coefficient (Wildman–Crippen LogP) is 1.34. The monoisotopic (exact) mass is 224 g/mol. The summed E-state index contributed by atoms with van der Waals surface area (Å²) >= 11 is 5.83. The summed E-state index contributed by atoms with van der Waals surface area (Å²) in [5.41, 5.74) is 0.451. The molecule has 1 N–H and O–H groups in total. The number of nitrogens with one attached hydrogen (secondary N) is 1. The van der Waals surface area contributed by atoms with Gasteiger partial charge in [0.25, 0.3) is 5.91 Å². The van der Waals surface area contributed by atoms with E-state index in [1.807, 2.05) is 6.07 Å². The molecule has 0 fully saturated rings. The molecular weight excluding hydrogens is 216 g/mol. The second-order valence-electron chi connectivity index (χ2n) is 2.72. The van der Waals surface area contributed by atoms with Crippen LogP contribution in [0, 0.1) is 11.3 Å². The number of likely N-dealkylation sites (N-methyl/N-ethyl adjacent to an activating group) is 1. The highest BCUT2D eigenvalue weighted by Gasteiger charge is 2.05. The van der Waals surface area contributed by atoms with Crippen LogP contribution in [0.5, 0.6) is 5.75 Å². The number of nitrogens with zero attached hydrogens (tertiary/aromatic N) is 1. The minimum atomic E-state index is -0.240. The number of hydrogen-bond acceptors (Lipinski definition) is 3. The molecule has 0 unspecified atom stereocenters. The summed E-state index contributed by atoms with van der Waals surface area (Å²) in [6, 6.07) is 6.57. The fraction of sp³-hybridized carbons (Fsp3) is 0.200. The molecule has 1 amide bonds. The molecule has 15 heavy (non-hydrogen) atoms. The average molecular weight is 225 g/mol. The Hall–Kier alpha value is -1.73. The van der Waals surface area contributed by atoms with E-state index >= 15 is 0 Å². The van der Waals surface area contributed by atoms with Crippen LogP contribution in [0.4, 0.5) is 0 Å². The summed E-state index contributed by atoms with van der Waals surface area (Å²) in [6.45, 7) is -0.0951. The SMILES string of the molecule is CNC(=O)COc1ccc(C#N)cc1Cl. The van der Waals surface area contributed by atoms with Gasteiger partial charge in [-0.3, -0.25) is 4.79 Å². The van der Waals surface area contributed by atoms with Gasteiger partial charge in [-0.1, -0.05) is 11.6 Å². The summed E-state index contributed by atoms with van der Waals surface area (Å²) < 4.78 is 5.14. The molecule has 5 heteroatoms. The molecule has 1 rings (SSSR count). The molecule has 78 valence electrons. The van der Waals surface area contributed by atoms with Crippen molar-refractivity contribution in [2.45, 2.75) is 0 Å². The number of hydrogen-bond donors (Lipinski definition) is 1. The van der Waals surface area contributed by atoms with Crippen molar-refractivity contribution in [1.29, 1.82) is 5.26 Å². The average Bonchev–Trinajstić information content (AvgIpc) is 2.26. The van der Waals surface area contributed by atoms with Crippen molar-refractivity contribution in [3.8, 4) is 11.8 Å². The number of nitriles is 1. The number of rotatable bonds is 3. The molecule has 1 aromatic carbocycles. The predicted molar refractivity (Wildman–Crippen MR) is 55.7 cm³/mol. The van der Waals surface area contributed by atoms with E-state index < -0.39 is 0 Å². The van der Waals surface area contributed by atoms with Gasteiger partial charge in [0.1, 0.15) is 5.75 Å². The minimum absolute atomic E-state index is 0.0951. The highest BCUT2D eigenvalue weighted by molar-refractivity contribution is 6.32. The van der Waals surface area contributed by atoms with E-state index in [1.54, 1.807) is 12.1 Å². The van der Waals surface area contributed by atoms with Crippen molar-refractivity contribution in [1.82, 2.24) is 5.32 Å².